The maximum Gasteiger partial charge on any atom is 0.160 e. The highest BCUT2D eigenvalue weighted by Crippen LogP contribution is 2.48. The Morgan fingerprint density at radius 1 is 0.636 bits per heavy atom. The zero-order chi connectivity index (χ0) is 29.6. The summed E-state index contributed by atoms with van der Waals surface area (Å²) in [5, 5.41) is 7.94. The first-order valence-electron chi connectivity index (χ1n) is 14.8. The minimum atomic E-state index is 0.695. The molecule has 0 N–H and O–H groups in total. The molecule has 0 unspecified atom stereocenters. The molecule has 0 radical (unpaired) electrons. The van der Waals surface area contributed by atoms with Gasteiger partial charge in [-0.15, -0.1) is 11.3 Å². The number of benzene rings is 6. The number of fused-ring (bicyclic) bond motifs is 3. The van der Waals surface area contributed by atoms with Crippen molar-refractivity contribution >= 4 is 58.6 Å². The van der Waals surface area contributed by atoms with Gasteiger partial charge < -0.3 is 0 Å². The van der Waals surface area contributed by atoms with Crippen molar-refractivity contribution in [3.05, 3.63) is 152 Å². The van der Waals surface area contributed by atoms with Crippen LogP contribution in [0.5, 0.6) is 0 Å². The number of thiophene rings is 1. The van der Waals surface area contributed by atoms with Gasteiger partial charge in [0.05, 0.1) is 11.4 Å². The van der Waals surface area contributed by atoms with E-state index in [1.54, 1.807) is 6.08 Å². The third-order valence-electron chi connectivity index (χ3n) is 8.32. The van der Waals surface area contributed by atoms with Gasteiger partial charge in [0.1, 0.15) is 0 Å². The van der Waals surface area contributed by atoms with Gasteiger partial charge in [-0.25, -0.2) is 9.97 Å². The number of hydrogen-bond acceptors (Lipinski definition) is 3. The van der Waals surface area contributed by atoms with Gasteiger partial charge in [0.2, 0.25) is 0 Å². The van der Waals surface area contributed by atoms with E-state index in [-0.39, 0.29) is 0 Å². The van der Waals surface area contributed by atoms with Gasteiger partial charge in [-0.1, -0.05) is 122 Å². The Morgan fingerprint density at radius 3 is 2.18 bits per heavy atom. The summed E-state index contributed by atoms with van der Waals surface area (Å²) in [7, 11) is 0. The molecular weight excluding hydrogens is 553 g/mol. The van der Waals surface area contributed by atoms with Crippen LogP contribution in [0.2, 0.25) is 0 Å². The lowest BCUT2D eigenvalue weighted by Gasteiger charge is -2.14. The quantitative estimate of drug-likeness (QED) is 0.144. The van der Waals surface area contributed by atoms with E-state index in [1.807, 2.05) is 48.6 Å². The Labute approximate surface area is 260 Å². The molecule has 0 saturated heterocycles. The summed E-state index contributed by atoms with van der Waals surface area (Å²) in [6.07, 6.45) is 7.89. The Morgan fingerprint density at radius 2 is 1.34 bits per heavy atom. The van der Waals surface area contributed by atoms with Gasteiger partial charge >= 0.3 is 0 Å². The largest absolute Gasteiger partial charge is 0.228 e. The van der Waals surface area contributed by atoms with Crippen molar-refractivity contribution in [1.82, 2.24) is 9.97 Å². The van der Waals surface area contributed by atoms with Crippen LogP contribution >= 0.6 is 11.3 Å². The molecule has 0 spiro atoms. The molecule has 2 nitrogen and oxygen atoms in total. The summed E-state index contributed by atoms with van der Waals surface area (Å²) < 4.78 is 2.66. The van der Waals surface area contributed by atoms with Crippen LogP contribution in [-0.2, 0) is 0 Å². The number of nitrogens with zero attached hydrogens (tertiary/aromatic N) is 2. The predicted molar refractivity (Wildman–Crippen MR) is 190 cm³/mol. The molecule has 2 heterocycles. The number of hydrogen-bond donors (Lipinski definition) is 0. The molecule has 0 atom stereocenters. The van der Waals surface area contributed by atoms with Crippen molar-refractivity contribution in [1.29, 1.82) is 0 Å². The maximum atomic E-state index is 5.10. The molecule has 0 aliphatic carbocycles. The molecule has 6 aromatic carbocycles. The van der Waals surface area contributed by atoms with Gasteiger partial charge in [0.25, 0.3) is 0 Å². The van der Waals surface area contributed by atoms with Crippen LogP contribution in [-0.4, -0.2) is 9.97 Å². The zero-order valence-corrected chi connectivity index (χ0v) is 25.1. The van der Waals surface area contributed by atoms with E-state index in [9.17, 15) is 0 Å². The number of rotatable bonds is 6. The summed E-state index contributed by atoms with van der Waals surface area (Å²) in [6.45, 7) is 5.95. The van der Waals surface area contributed by atoms with Crippen LogP contribution in [0.25, 0.3) is 81.1 Å². The average Bonchev–Trinajstić information content (AvgIpc) is 3.47. The van der Waals surface area contributed by atoms with Gasteiger partial charge in [-0.2, -0.15) is 0 Å². The minimum absolute atomic E-state index is 0.695. The normalized spacial score (nSPS) is 12.3. The number of aromatic nitrogens is 2. The zero-order valence-electron chi connectivity index (χ0n) is 24.3. The average molecular weight is 581 g/mol. The lowest BCUT2D eigenvalue weighted by molar-refractivity contribution is 1.16. The Kier molecular flexibility index (Phi) is 6.40. The molecule has 2 aromatic heterocycles. The van der Waals surface area contributed by atoms with E-state index in [2.05, 4.69) is 110 Å². The third kappa shape index (κ3) is 4.24. The van der Waals surface area contributed by atoms with Crippen LogP contribution in [0.3, 0.4) is 0 Å². The van der Waals surface area contributed by atoms with Gasteiger partial charge in [-0.05, 0) is 69.4 Å². The lowest BCUT2D eigenvalue weighted by atomic mass is 9.89. The first kappa shape index (κ1) is 26.3. The second-order valence-electron chi connectivity index (χ2n) is 11.0. The Hall–Kier alpha value is -5.38. The maximum absolute atomic E-state index is 5.10. The van der Waals surface area contributed by atoms with E-state index in [0.29, 0.717) is 5.82 Å². The molecule has 208 valence electrons. The van der Waals surface area contributed by atoms with Crippen LogP contribution in [0.1, 0.15) is 12.6 Å². The molecule has 0 aliphatic rings. The minimum Gasteiger partial charge on any atom is -0.228 e. The fourth-order valence-corrected chi connectivity index (χ4v) is 7.57. The second kappa shape index (κ2) is 10.7. The van der Waals surface area contributed by atoms with Crippen molar-refractivity contribution in [3.8, 4) is 33.8 Å². The van der Waals surface area contributed by atoms with Crippen molar-refractivity contribution < 1.29 is 0 Å². The molecule has 8 aromatic rings. The van der Waals surface area contributed by atoms with E-state index < -0.39 is 0 Å². The molecule has 0 aliphatic heterocycles. The Balaban J connectivity index is 1.37. The monoisotopic (exact) mass is 580 g/mol. The highest BCUT2D eigenvalue weighted by atomic mass is 32.1. The Bertz CT molecular complexity index is 2410. The third-order valence-corrected chi connectivity index (χ3v) is 9.44. The van der Waals surface area contributed by atoms with Crippen molar-refractivity contribution in [3.63, 3.8) is 0 Å². The predicted octanol–water partition coefficient (Wildman–Crippen LogP) is 11.7. The highest BCUT2D eigenvalue weighted by molar-refractivity contribution is 7.26. The smallest absolute Gasteiger partial charge is 0.160 e. The van der Waals surface area contributed by atoms with E-state index in [1.165, 1.54) is 47.3 Å². The summed E-state index contributed by atoms with van der Waals surface area (Å²) in [4.78, 5) is 10.2. The van der Waals surface area contributed by atoms with Crippen LogP contribution in [0.4, 0.5) is 0 Å². The summed E-state index contributed by atoms with van der Waals surface area (Å²) >= 11 is 1.88. The molecule has 44 heavy (non-hydrogen) atoms. The standard InChI is InChI=1S/C41H28N2S/c1-3-12-26(13-4-2)34-25-35(27-14-6-5-7-15-27)43-41(42-34)29-17-10-16-28(24-29)30-22-23-37-40-38(30)32-19-9-8-18-31(32)33-20-11-21-36(44-37)39(33)40/h3-25H,1H2,2H3/b13-4-,26-12+. The van der Waals surface area contributed by atoms with Crippen LogP contribution in [0.15, 0.2) is 146 Å². The summed E-state index contributed by atoms with van der Waals surface area (Å²) in [5.74, 6) is 0.695. The van der Waals surface area contributed by atoms with Crippen molar-refractivity contribution in [2.24, 2.45) is 0 Å². The molecular formula is C41H28N2S. The van der Waals surface area contributed by atoms with Gasteiger partial charge in [0, 0.05) is 31.3 Å². The van der Waals surface area contributed by atoms with Gasteiger partial charge in [-0.3, -0.25) is 0 Å². The first-order chi connectivity index (χ1) is 21.7. The van der Waals surface area contributed by atoms with Crippen LogP contribution in [0, 0.1) is 0 Å². The SMILES string of the molecule is C=C/C=C(\C=C/C)c1cc(-c2ccccc2)nc(-c2cccc(-c3ccc4sc5cccc6c7ccccc7c3c4c56)c2)n1. The summed E-state index contributed by atoms with van der Waals surface area (Å²) in [6, 6.07) is 41.1. The van der Waals surface area contributed by atoms with Crippen molar-refractivity contribution in [2.45, 2.75) is 6.92 Å². The molecule has 0 fully saturated rings. The molecule has 8 rings (SSSR count). The fourth-order valence-electron chi connectivity index (χ4n) is 6.43. The second-order valence-corrected chi connectivity index (χ2v) is 12.0. The molecule has 0 bridgehead atoms. The van der Waals surface area contributed by atoms with E-state index in [0.717, 1.165) is 33.7 Å². The van der Waals surface area contributed by atoms with E-state index in [4.69, 9.17) is 9.97 Å². The first-order valence-corrected chi connectivity index (χ1v) is 15.6. The number of allylic oxidation sites excluding steroid dienone is 5. The van der Waals surface area contributed by atoms with Crippen molar-refractivity contribution in [2.75, 3.05) is 0 Å². The lowest BCUT2D eigenvalue weighted by Crippen LogP contribution is -1.98. The topological polar surface area (TPSA) is 25.8 Å². The van der Waals surface area contributed by atoms with Gasteiger partial charge in [0.15, 0.2) is 5.82 Å². The van der Waals surface area contributed by atoms with Crippen LogP contribution < -0.4 is 0 Å². The molecule has 0 amide bonds. The molecule has 0 saturated carbocycles. The molecule has 3 heteroatoms. The fraction of sp³-hybridized carbons (Fsp3) is 0.0244. The highest BCUT2D eigenvalue weighted by Gasteiger charge is 2.19. The summed E-state index contributed by atoms with van der Waals surface area (Å²) in [5.41, 5.74) is 7.15. The van der Waals surface area contributed by atoms with E-state index >= 15 is 0 Å².